The zero-order valence-electron chi connectivity index (χ0n) is 14.1. The lowest BCUT2D eigenvalue weighted by Gasteiger charge is -2.10. The number of para-hydroxylation sites is 1. The quantitative estimate of drug-likeness (QED) is 0.423. The van der Waals surface area contributed by atoms with Gasteiger partial charge in [-0.1, -0.05) is 47.6 Å². The number of benzene rings is 2. The minimum atomic E-state index is -0.324. The van der Waals surface area contributed by atoms with Gasteiger partial charge in [0, 0.05) is 34.4 Å². The van der Waals surface area contributed by atoms with Gasteiger partial charge >= 0.3 is 0 Å². The molecule has 2 aromatic heterocycles. The Labute approximate surface area is 165 Å². The summed E-state index contributed by atoms with van der Waals surface area (Å²) in [5.41, 5.74) is 2.41. The molecule has 7 heteroatoms. The third-order valence-electron chi connectivity index (χ3n) is 3.96. The first kappa shape index (κ1) is 17.7. The largest absolute Gasteiger partial charge is 0.270 e. The Morgan fingerprint density at radius 1 is 0.963 bits per heavy atom. The molecule has 0 bridgehead atoms. The van der Waals surface area contributed by atoms with Crippen molar-refractivity contribution in [2.75, 3.05) is 0 Å². The van der Waals surface area contributed by atoms with Crippen LogP contribution in [0.4, 0.5) is 4.39 Å². The predicted molar refractivity (Wildman–Crippen MR) is 106 cm³/mol. The summed E-state index contributed by atoms with van der Waals surface area (Å²) in [6.07, 6.45) is 3.44. The molecule has 0 amide bonds. The van der Waals surface area contributed by atoms with Crippen LogP contribution in [0, 0.1) is 5.82 Å². The van der Waals surface area contributed by atoms with Crippen molar-refractivity contribution in [3.05, 3.63) is 89.5 Å². The third-order valence-corrected chi connectivity index (χ3v) is 5.17. The van der Waals surface area contributed by atoms with Crippen LogP contribution in [-0.2, 0) is 5.75 Å². The van der Waals surface area contributed by atoms with E-state index in [4.69, 9.17) is 11.6 Å². The Morgan fingerprint density at radius 3 is 2.48 bits per heavy atom. The summed E-state index contributed by atoms with van der Waals surface area (Å²) in [6, 6.07) is 18.3. The van der Waals surface area contributed by atoms with Gasteiger partial charge in [-0.05, 0) is 42.0 Å². The molecule has 0 saturated carbocycles. The first-order valence-electron chi connectivity index (χ1n) is 8.20. The summed E-state index contributed by atoms with van der Waals surface area (Å²) in [5.74, 6) is 0.808. The van der Waals surface area contributed by atoms with Gasteiger partial charge in [0.2, 0.25) is 0 Å². The average molecular weight is 397 g/mol. The SMILES string of the molecule is Fc1cc(Cl)ccc1CSc1nnc(-c2ccncc2)n1-c1ccccc1. The van der Waals surface area contributed by atoms with E-state index in [-0.39, 0.29) is 5.82 Å². The minimum absolute atomic E-state index is 0.324. The number of nitrogens with zero attached hydrogens (tertiary/aromatic N) is 4. The molecule has 0 saturated heterocycles. The van der Waals surface area contributed by atoms with Crippen LogP contribution in [0.25, 0.3) is 17.1 Å². The van der Waals surface area contributed by atoms with Gasteiger partial charge < -0.3 is 0 Å². The summed E-state index contributed by atoms with van der Waals surface area (Å²) < 4.78 is 16.1. The molecule has 0 atom stereocenters. The van der Waals surface area contributed by atoms with Crippen molar-refractivity contribution in [1.29, 1.82) is 0 Å². The normalized spacial score (nSPS) is 10.9. The molecule has 0 fully saturated rings. The van der Waals surface area contributed by atoms with E-state index in [2.05, 4.69) is 15.2 Å². The van der Waals surface area contributed by atoms with E-state index in [1.165, 1.54) is 17.8 Å². The summed E-state index contributed by atoms with van der Waals surface area (Å²) in [5, 5.41) is 9.77. The highest BCUT2D eigenvalue weighted by Gasteiger charge is 2.16. The van der Waals surface area contributed by atoms with Gasteiger partial charge in [0.15, 0.2) is 11.0 Å². The number of halogens is 2. The maximum atomic E-state index is 14.1. The molecule has 0 aliphatic rings. The van der Waals surface area contributed by atoms with Crippen molar-refractivity contribution in [3.63, 3.8) is 0 Å². The van der Waals surface area contributed by atoms with E-state index >= 15 is 0 Å². The van der Waals surface area contributed by atoms with Gasteiger partial charge in [-0.25, -0.2) is 4.39 Å². The van der Waals surface area contributed by atoms with Gasteiger partial charge in [-0.15, -0.1) is 10.2 Å². The van der Waals surface area contributed by atoms with Crippen LogP contribution in [0.3, 0.4) is 0 Å². The Kier molecular flexibility index (Phi) is 5.18. The zero-order valence-corrected chi connectivity index (χ0v) is 15.7. The molecule has 4 rings (SSSR count). The number of aromatic nitrogens is 4. The summed E-state index contributed by atoms with van der Waals surface area (Å²) >= 11 is 7.25. The fourth-order valence-electron chi connectivity index (χ4n) is 2.64. The Bertz CT molecular complexity index is 1050. The van der Waals surface area contributed by atoms with Gasteiger partial charge in [0.05, 0.1) is 0 Å². The second-order valence-corrected chi connectivity index (χ2v) is 7.12. The molecule has 27 heavy (non-hydrogen) atoms. The summed E-state index contributed by atoms with van der Waals surface area (Å²) in [4.78, 5) is 4.06. The summed E-state index contributed by atoms with van der Waals surface area (Å²) in [6.45, 7) is 0. The van der Waals surface area contributed by atoms with Gasteiger partial charge in [-0.2, -0.15) is 0 Å². The van der Waals surface area contributed by atoms with Crippen molar-refractivity contribution >= 4 is 23.4 Å². The lowest BCUT2D eigenvalue weighted by molar-refractivity contribution is 0.617. The van der Waals surface area contributed by atoms with Crippen molar-refractivity contribution in [1.82, 2.24) is 19.7 Å². The smallest absolute Gasteiger partial charge is 0.196 e. The number of hydrogen-bond acceptors (Lipinski definition) is 4. The fraction of sp³-hybridized carbons (Fsp3) is 0.0500. The van der Waals surface area contributed by atoms with Crippen molar-refractivity contribution in [2.24, 2.45) is 0 Å². The molecular formula is C20H14ClFN4S. The molecule has 0 spiro atoms. The number of pyridine rings is 1. The summed E-state index contributed by atoms with van der Waals surface area (Å²) in [7, 11) is 0. The van der Waals surface area contributed by atoms with Crippen LogP contribution in [-0.4, -0.2) is 19.7 Å². The van der Waals surface area contributed by atoms with Crippen molar-refractivity contribution < 1.29 is 4.39 Å². The maximum absolute atomic E-state index is 14.1. The predicted octanol–water partition coefficient (Wildman–Crippen LogP) is 5.41. The van der Waals surface area contributed by atoms with Crippen LogP contribution >= 0.6 is 23.4 Å². The highest BCUT2D eigenvalue weighted by atomic mass is 35.5. The van der Waals surface area contributed by atoms with Crippen molar-refractivity contribution in [2.45, 2.75) is 10.9 Å². The Morgan fingerprint density at radius 2 is 1.74 bits per heavy atom. The molecule has 4 nitrogen and oxygen atoms in total. The van der Waals surface area contributed by atoms with Crippen LogP contribution in [0.15, 0.2) is 78.2 Å². The lowest BCUT2D eigenvalue weighted by atomic mass is 10.2. The second-order valence-electron chi connectivity index (χ2n) is 5.74. The number of thioether (sulfide) groups is 1. The molecule has 134 valence electrons. The van der Waals surface area contributed by atoms with Crippen LogP contribution in [0.2, 0.25) is 5.02 Å². The molecule has 0 radical (unpaired) electrons. The molecule has 4 aromatic rings. The molecule has 2 aromatic carbocycles. The highest BCUT2D eigenvalue weighted by Crippen LogP contribution is 2.30. The number of rotatable bonds is 5. The third kappa shape index (κ3) is 3.86. The van der Waals surface area contributed by atoms with E-state index in [1.807, 2.05) is 47.0 Å². The average Bonchev–Trinajstić information content (AvgIpc) is 3.12. The standard InChI is InChI=1S/C20H14ClFN4S/c21-16-7-6-15(18(22)12-16)13-27-20-25-24-19(14-8-10-23-11-9-14)26(20)17-4-2-1-3-5-17/h1-12H,13H2. The monoisotopic (exact) mass is 396 g/mol. The van der Waals surface area contributed by atoms with Crippen LogP contribution in [0.5, 0.6) is 0 Å². The minimum Gasteiger partial charge on any atom is -0.270 e. The highest BCUT2D eigenvalue weighted by molar-refractivity contribution is 7.98. The Hall–Kier alpha value is -2.70. The van der Waals surface area contributed by atoms with E-state index in [9.17, 15) is 4.39 Å². The molecule has 2 heterocycles. The van der Waals surface area contributed by atoms with Gasteiger partial charge in [-0.3, -0.25) is 9.55 Å². The second kappa shape index (κ2) is 7.90. The van der Waals surface area contributed by atoms with E-state index in [0.717, 1.165) is 11.3 Å². The Balaban J connectivity index is 1.71. The van der Waals surface area contributed by atoms with E-state index in [0.29, 0.717) is 27.3 Å². The lowest BCUT2D eigenvalue weighted by Crippen LogP contribution is -2.00. The van der Waals surface area contributed by atoms with E-state index < -0.39 is 0 Å². The topological polar surface area (TPSA) is 43.6 Å². The van der Waals surface area contributed by atoms with Crippen LogP contribution < -0.4 is 0 Å². The maximum Gasteiger partial charge on any atom is 0.196 e. The van der Waals surface area contributed by atoms with E-state index in [1.54, 1.807) is 24.5 Å². The number of hydrogen-bond donors (Lipinski definition) is 0. The molecule has 0 unspecified atom stereocenters. The van der Waals surface area contributed by atoms with Crippen LogP contribution in [0.1, 0.15) is 5.56 Å². The van der Waals surface area contributed by atoms with Gasteiger partial charge in [0.1, 0.15) is 5.82 Å². The fourth-order valence-corrected chi connectivity index (χ4v) is 3.74. The molecule has 0 N–H and O–H groups in total. The zero-order chi connectivity index (χ0) is 18.6. The first-order valence-corrected chi connectivity index (χ1v) is 9.57. The molecule has 0 aliphatic heterocycles. The van der Waals surface area contributed by atoms with Gasteiger partial charge in [0.25, 0.3) is 0 Å². The van der Waals surface area contributed by atoms with Crippen molar-refractivity contribution in [3.8, 4) is 17.1 Å². The first-order chi connectivity index (χ1) is 13.2. The molecular weight excluding hydrogens is 383 g/mol. The molecule has 0 aliphatic carbocycles.